The van der Waals surface area contributed by atoms with Crippen molar-refractivity contribution < 1.29 is 5.21 Å². The van der Waals surface area contributed by atoms with Crippen LogP contribution in [0.25, 0.3) is 0 Å². The molecule has 0 spiro atoms. The van der Waals surface area contributed by atoms with Gasteiger partial charge in [-0.1, -0.05) is 24.6 Å². The highest BCUT2D eigenvalue weighted by atomic mass is 32.2. The van der Waals surface area contributed by atoms with Crippen LogP contribution in [0.2, 0.25) is 0 Å². The monoisotopic (exact) mass is 293 g/mol. The zero-order valence-corrected chi connectivity index (χ0v) is 13.0. The van der Waals surface area contributed by atoms with Gasteiger partial charge in [0, 0.05) is 23.2 Å². The summed E-state index contributed by atoms with van der Waals surface area (Å²) >= 11 is 1.63. The van der Waals surface area contributed by atoms with Gasteiger partial charge in [-0.3, -0.25) is 0 Å². The molecule has 1 aliphatic carbocycles. The summed E-state index contributed by atoms with van der Waals surface area (Å²) in [6.07, 6.45) is 6.83. The minimum absolute atomic E-state index is 0.201. The fourth-order valence-corrected chi connectivity index (χ4v) is 3.08. The van der Waals surface area contributed by atoms with Crippen LogP contribution in [0.1, 0.15) is 38.2 Å². The van der Waals surface area contributed by atoms with Crippen LogP contribution in [0.5, 0.6) is 0 Å². The van der Waals surface area contributed by atoms with E-state index in [2.05, 4.69) is 29.1 Å². The van der Waals surface area contributed by atoms with Crippen molar-refractivity contribution in [2.75, 3.05) is 17.7 Å². The van der Waals surface area contributed by atoms with Crippen LogP contribution in [0, 0.1) is 0 Å². The molecule has 0 radical (unpaired) electrons. The molecule has 0 bridgehead atoms. The molecule has 1 aromatic carbocycles. The highest BCUT2D eigenvalue weighted by Crippen LogP contribution is 2.36. The van der Waals surface area contributed by atoms with Gasteiger partial charge in [0.05, 0.1) is 5.56 Å². The van der Waals surface area contributed by atoms with Crippen LogP contribution in [-0.2, 0) is 0 Å². The van der Waals surface area contributed by atoms with Crippen molar-refractivity contribution in [3.63, 3.8) is 0 Å². The number of benzene rings is 1. The summed E-state index contributed by atoms with van der Waals surface area (Å²) in [7, 11) is 0. The second-order valence-corrected chi connectivity index (χ2v) is 5.97. The summed E-state index contributed by atoms with van der Waals surface area (Å²) in [5.41, 5.74) is 7.88. The molecular weight excluding hydrogens is 270 g/mol. The topological polar surface area (TPSA) is 61.8 Å². The van der Waals surface area contributed by atoms with Gasteiger partial charge >= 0.3 is 0 Å². The number of unbranched alkanes of at least 4 members (excludes halogenated alkanes) is 1. The largest absolute Gasteiger partial charge is 0.409 e. The standard InChI is InChI=1S/C15H23N3OS/c1-3-4-10-18(11-8-9-11)12-6-5-7-13(20-2)14(12)15(16)17-19/h5-7,11,19H,3-4,8-10H2,1-2H3,(H2,16,17). The minimum atomic E-state index is 0.201. The van der Waals surface area contributed by atoms with Gasteiger partial charge in [-0.15, -0.1) is 11.8 Å². The van der Waals surface area contributed by atoms with Crippen molar-refractivity contribution in [3.8, 4) is 0 Å². The average molecular weight is 293 g/mol. The number of anilines is 1. The van der Waals surface area contributed by atoms with Crippen LogP contribution < -0.4 is 10.6 Å². The maximum Gasteiger partial charge on any atom is 0.173 e. The lowest BCUT2D eigenvalue weighted by molar-refractivity contribution is 0.318. The van der Waals surface area contributed by atoms with Gasteiger partial charge < -0.3 is 15.8 Å². The Morgan fingerprint density at radius 2 is 2.25 bits per heavy atom. The van der Waals surface area contributed by atoms with Crippen molar-refractivity contribution in [1.82, 2.24) is 0 Å². The molecule has 3 N–H and O–H groups in total. The summed E-state index contributed by atoms with van der Waals surface area (Å²) in [4.78, 5) is 3.48. The van der Waals surface area contributed by atoms with E-state index >= 15 is 0 Å². The molecule has 1 saturated carbocycles. The SMILES string of the molecule is CCCCN(c1cccc(SC)c1/C(N)=N/O)C1CC1. The minimum Gasteiger partial charge on any atom is -0.409 e. The second kappa shape index (κ2) is 6.88. The van der Waals surface area contributed by atoms with Gasteiger partial charge in [0.15, 0.2) is 5.84 Å². The van der Waals surface area contributed by atoms with E-state index in [9.17, 15) is 0 Å². The van der Waals surface area contributed by atoms with Gasteiger partial charge in [-0.05, 0) is 37.7 Å². The van der Waals surface area contributed by atoms with E-state index in [0.29, 0.717) is 6.04 Å². The summed E-state index contributed by atoms with van der Waals surface area (Å²) in [6.45, 7) is 3.23. The predicted octanol–water partition coefficient (Wildman–Crippen LogP) is 3.27. The third-order valence-electron chi connectivity index (χ3n) is 3.64. The normalized spacial score (nSPS) is 15.4. The summed E-state index contributed by atoms with van der Waals surface area (Å²) in [5.74, 6) is 0.201. The van der Waals surface area contributed by atoms with Crippen LogP contribution in [0.4, 0.5) is 5.69 Å². The summed E-state index contributed by atoms with van der Waals surface area (Å²) in [5, 5.41) is 12.3. The molecular formula is C15H23N3OS. The first-order valence-electron chi connectivity index (χ1n) is 7.14. The smallest absolute Gasteiger partial charge is 0.173 e. The molecule has 0 aromatic heterocycles. The number of oxime groups is 1. The highest BCUT2D eigenvalue weighted by molar-refractivity contribution is 7.98. The second-order valence-electron chi connectivity index (χ2n) is 5.12. The molecule has 0 saturated heterocycles. The van der Waals surface area contributed by atoms with Gasteiger partial charge in [-0.25, -0.2) is 0 Å². The number of hydrogen-bond acceptors (Lipinski definition) is 4. The van der Waals surface area contributed by atoms with Gasteiger partial charge in [0.25, 0.3) is 0 Å². The maximum atomic E-state index is 9.08. The van der Waals surface area contributed by atoms with Crippen molar-refractivity contribution in [2.45, 2.75) is 43.5 Å². The Labute approximate surface area is 125 Å². The number of nitrogens with two attached hydrogens (primary N) is 1. The molecule has 2 rings (SSSR count). The van der Waals surface area contributed by atoms with Crippen molar-refractivity contribution in [2.24, 2.45) is 10.9 Å². The van der Waals surface area contributed by atoms with Crippen molar-refractivity contribution >= 4 is 23.3 Å². The molecule has 0 unspecified atom stereocenters. The Balaban J connectivity index is 2.42. The van der Waals surface area contributed by atoms with Gasteiger partial charge in [0.2, 0.25) is 0 Å². The lowest BCUT2D eigenvalue weighted by Gasteiger charge is -2.27. The number of nitrogens with zero attached hydrogens (tertiary/aromatic N) is 2. The first-order valence-corrected chi connectivity index (χ1v) is 8.37. The fourth-order valence-electron chi connectivity index (χ4n) is 2.45. The first-order chi connectivity index (χ1) is 9.72. The molecule has 20 heavy (non-hydrogen) atoms. The Bertz CT molecular complexity index is 486. The fraction of sp³-hybridized carbons (Fsp3) is 0.533. The number of amidine groups is 1. The van der Waals surface area contributed by atoms with Crippen molar-refractivity contribution in [3.05, 3.63) is 23.8 Å². The lowest BCUT2D eigenvalue weighted by Crippen LogP contribution is -2.30. The third-order valence-corrected chi connectivity index (χ3v) is 4.42. The van der Waals surface area contributed by atoms with E-state index in [1.165, 1.54) is 19.3 Å². The predicted molar refractivity (Wildman–Crippen MR) is 86.0 cm³/mol. The van der Waals surface area contributed by atoms with Crippen LogP contribution in [0.15, 0.2) is 28.3 Å². The zero-order valence-electron chi connectivity index (χ0n) is 12.2. The van der Waals surface area contributed by atoms with E-state index in [0.717, 1.165) is 29.1 Å². The maximum absolute atomic E-state index is 9.08. The highest BCUT2D eigenvalue weighted by Gasteiger charge is 2.31. The Hall–Kier alpha value is -1.36. The molecule has 1 aliphatic rings. The first kappa shape index (κ1) is 15.0. The van der Waals surface area contributed by atoms with Crippen LogP contribution >= 0.6 is 11.8 Å². The molecule has 4 nitrogen and oxygen atoms in total. The van der Waals surface area contributed by atoms with E-state index in [-0.39, 0.29) is 5.84 Å². The van der Waals surface area contributed by atoms with E-state index in [4.69, 9.17) is 10.9 Å². The third kappa shape index (κ3) is 3.20. The number of thioether (sulfide) groups is 1. The van der Waals surface area contributed by atoms with Gasteiger partial charge in [-0.2, -0.15) is 0 Å². The quantitative estimate of drug-likeness (QED) is 0.266. The molecule has 0 amide bonds. The molecule has 0 aliphatic heterocycles. The van der Waals surface area contributed by atoms with E-state index in [1.807, 2.05) is 12.3 Å². The molecule has 1 aromatic rings. The van der Waals surface area contributed by atoms with E-state index in [1.54, 1.807) is 11.8 Å². The van der Waals surface area contributed by atoms with E-state index < -0.39 is 0 Å². The van der Waals surface area contributed by atoms with Crippen LogP contribution in [-0.4, -0.2) is 29.9 Å². The number of hydrogen-bond donors (Lipinski definition) is 2. The molecule has 0 atom stereocenters. The Morgan fingerprint density at radius 3 is 2.80 bits per heavy atom. The van der Waals surface area contributed by atoms with Gasteiger partial charge in [0.1, 0.15) is 0 Å². The Kier molecular flexibility index (Phi) is 5.17. The molecule has 5 heteroatoms. The molecule has 1 fully saturated rings. The zero-order chi connectivity index (χ0) is 14.5. The molecule has 110 valence electrons. The van der Waals surface area contributed by atoms with Crippen LogP contribution in [0.3, 0.4) is 0 Å². The lowest BCUT2D eigenvalue weighted by atomic mass is 10.1. The van der Waals surface area contributed by atoms with Crippen molar-refractivity contribution in [1.29, 1.82) is 0 Å². The average Bonchev–Trinajstić information content (AvgIpc) is 3.31. The number of rotatable bonds is 7. The summed E-state index contributed by atoms with van der Waals surface area (Å²) in [6, 6.07) is 6.77. The molecule has 0 heterocycles. The Morgan fingerprint density at radius 1 is 1.50 bits per heavy atom. The summed E-state index contributed by atoms with van der Waals surface area (Å²) < 4.78 is 0.